The normalized spacial score (nSPS) is 11.0. The molecule has 0 saturated carbocycles. The van der Waals surface area contributed by atoms with Crippen LogP contribution in [0.3, 0.4) is 0 Å². The van der Waals surface area contributed by atoms with Crippen molar-refractivity contribution in [3.8, 4) is 11.5 Å². The zero-order valence-electron chi connectivity index (χ0n) is 19.4. The van der Waals surface area contributed by atoms with Gasteiger partial charge in [0.1, 0.15) is 17.3 Å². The van der Waals surface area contributed by atoms with Gasteiger partial charge in [0.15, 0.2) is 0 Å². The van der Waals surface area contributed by atoms with Crippen molar-refractivity contribution in [1.82, 2.24) is 4.90 Å². The van der Waals surface area contributed by atoms with Crippen molar-refractivity contribution in [3.05, 3.63) is 58.6 Å². The fourth-order valence-corrected chi connectivity index (χ4v) is 3.77. The first-order valence-electron chi connectivity index (χ1n) is 11.0. The van der Waals surface area contributed by atoms with E-state index < -0.39 is 0 Å². The summed E-state index contributed by atoms with van der Waals surface area (Å²) in [5.41, 5.74) is 6.61. The fraction of sp³-hybridized carbons (Fsp3) is 0.440. The number of hydrogen-bond donors (Lipinski definition) is 2. The first-order chi connectivity index (χ1) is 15.2. The molecule has 0 atom stereocenters. The van der Waals surface area contributed by atoms with Crippen molar-refractivity contribution in [2.24, 2.45) is 5.73 Å². The van der Waals surface area contributed by atoms with Crippen molar-refractivity contribution in [2.45, 2.75) is 59.0 Å². The van der Waals surface area contributed by atoms with Gasteiger partial charge in [0.05, 0.1) is 18.2 Å². The Bertz CT molecular complexity index is 907. The predicted molar refractivity (Wildman–Crippen MR) is 130 cm³/mol. The molecule has 0 aliphatic rings. The van der Waals surface area contributed by atoms with E-state index >= 15 is 0 Å². The molecule has 32 heavy (non-hydrogen) atoms. The topological polar surface area (TPSA) is 88.6 Å². The Kier molecular flexibility index (Phi) is 9.85. The van der Waals surface area contributed by atoms with Crippen LogP contribution in [0.2, 0.25) is 5.02 Å². The molecule has 0 unspecified atom stereocenters. The molecule has 7 heteroatoms. The van der Waals surface area contributed by atoms with Gasteiger partial charge in [-0.25, -0.2) is 0 Å². The number of carbonyl (C=O) groups excluding carboxylic acids is 1. The number of carbonyl (C=O) groups is 1. The number of unbranched alkanes of at least 4 members (excludes halogenated alkanes) is 2. The van der Waals surface area contributed by atoms with E-state index in [1.165, 1.54) is 0 Å². The molecule has 0 aliphatic heterocycles. The molecule has 0 aromatic heterocycles. The van der Waals surface area contributed by atoms with Crippen LogP contribution in [0.4, 0.5) is 0 Å². The zero-order valence-corrected chi connectivity index (χ0v) is 20.1. The fourth-order valence-electron chi connectivity index (χ4n) is 3.50. The number of nitrogens with one attached hydrogen (secondary N) is 1. The van der Waals surface area contributed by atoms with Crippen molar-refractivity contribution in [1.29, 1.82) is 5.41 Å². The summed E-state index contributed by atoms with van der Waals surface area (Å²) in [5, 5.41) is 7.86. The van der Waals surface area contributed by atoms with E-state index in [-0.39, 0.29) is 23.8 Å². The number of ether oxygens (including phenoxy) is 2. The van der Waals surface area contributed by atoms with Gasteiger partial charge in [-0.3, -0.25) is 10.2 Å². The SMILES string of the molecule is CC(C)N(C(=O)c1cccc(OCCCCCOc2ccc(C(=N)N)c(Cl)c2)c1)C(C)C. The lowest BCUT2D eigenvalue weighted by Gasteiger charge is -2.31. The highest BCUT2D eigenvalue weighted by atomic mass is 35.5. The van der Waals surface area contributed by atoms with E-state index in [0.717, 1.165) is 19.3 Å². The first-order valence-corrected chi connectivity index (χ1v) is 11.4. The van der Waals surface area contributed by atoms with Gasteiger partial charge in [0.25, 0.3) is 5.91 Å². The maximum atomic E-state index is 12.8. The molecule has 174 valence electrons. The highest BCUT2D eigenvalue weighted by molar-refractivity contribution is 6.34. The van der Waals surface area contributed by atoms with Crippen LogP contribution in [0.1, 0.15) is 62.9 Å². The van der Waals surface area contributed by atoms with Crippen molar-refractivity contribution < 1.29 is 14.3 Å². The standard InChI is InChI=1S/C25H34ClN3O3/c1-17(2)29(18(3)4)25(30)19-9-8-10-20(15-19)31-13-6-5-7-14-32-21-11-12-22(24(27)28)23(26)16-21/h8-12,15-18H,5-7,13-14H2,1-4H3,(H3,27,28). The van der Waals surface area contributed by atoms with Gasteiger partial charge < -0.3 is 20.1 Å². The molecule has 0 radical (unpaired) electrons. The van der Waals surface area contributed by atoms with Gasteiger partial charge in [-0.15, -0.1) is 0 Å². The molecule has 0 aliphatic carbocycles. The average Bonchev–Trinajstić information content (AvgIpc) is 2.72. The number of nitrogens with zero attached hydrogens (tertiary/aromatic N) is 1. The minimum Gasteiger partial charge on any atom is -0.494 e. The number of halogens is 1. The Balaban J connectivity index is 1.73. The van der Waals surface area contributed by atoms with Crippen LogP contribution in [0, 0.1) is 5.41 Å². The molecule has 0 spiro atoms. The average molecular weight is 460 g/mol. The van der Waals surface area contributed by atoms with Gasteiger partial charge >= 0.3 is 0 Å². The maximum absolute atomic E-state index is 12.8. The Morgan fingerprint density at radius 1 is 0.969 bits per heavy atom. The van der Waals surface area contributed by atoms with Gasteiger partial charge in [-0.1, -0.05) is 17.7 Å². The number of nitrogens with two attached hydrogens (primary N) is 1. The molecule has 0 fully saturated rings. The Labute approximate surface area is 196 Å². The Morgan fingerprint density at radius 3 is 2.09 bits per heavy atom. The molecule has 0 saturated heterocycles. The van der Waals surface area contributed by atoms with Gasteiger partial charge in [0, 0.05) is 23.2 Å². The number of rotatable bonds is 12. The second kappa shape index (κ2) is 12.3. The van der Waals surface area contributed by atoms with Crippen molar-refractivity contribution in [2.75, 3.05) is 13.2 Å². The summed E-state index contributed by atoms with van der Waals surface area (Å²) in [5.74, 6) is 1.33. The smallest absolute Gasteiger partial charge is 0.254 e. The molecule has 2 aromatic carbocycles. The molecule has 2 rings (SSSR count). The van der Waals surface area contributed by atoms with Gasteiger partial charge in [-0.2, -0.15) is 0 Å². The lowest BCUT2D eigenvalue weighted by atomic mass is 10.1. The minimum absolute atomic E-state index is 0.0223. The summed E-state index contributed by atoms with van der Waals surface area (Å²) in [6, 6.07) is 12.8. The van der Waals surface area contributed by atoms with E-state index in [4.69, 9.17) is 32.2 Å². The number of hydrogen-bond acceptors (Lipinski definition) is 4. The summed E-state index contributed by atoms with van der Waals surface area (Å²) >= 11 is 6.10. The quantitative estimate of drug-likeness (QED) is 0.249. The van der Waals surface area contributed by atoms with Crippen LogP contribution in [-0.4, -0.2) is 41.9 Å². The van der Waals surface area contributed by atoms with Gasteiger partial charge in [-0.05, 0) is 83.4 Å². The van der Waals surface area contributed by atoms with E-state index in [0.29, 0.717) is 40.9 Å². The van der Waals surface area contributed by atoms with E-state index in [2.05, 4.69) is 0 Å². The predicted octanol–water partition coefficient (Wildman–Crippen LogP) is 5.51. The summed E-state index contributed by atoms with van der Waals surface area (Å²) in [6.07, 6.45) is 2.72. The Morgan fingerprint density at radius 2 is 1.56 bits per heavy atom. The van der Waals surface area contributed by atoms with Crippen LogP contribution < -0.4 is 15.2 Å². The summed E-state index contributed by atoms with van der Waals surface area (Å²) in [7, 11) is 0. The highest BCUT2D eigenvalue weighted by Gasteiger charge is 2.21. The van der Waals surface area contributed by atoms with Gasteiger partial charge in [0.2, 0.25) is 0 Å². The van der Waals surface area contributed by atoms with Crippen molar-refractivity contribution >= 4 is 23.3 Å². The highest BCUT2D eigenvalue weighted by Crippen LogP contribution is 2.22. The second-order valence-corrected chi connectivity index (χ2v) is 8.65. The molecular formula is C25H34ClN3O3. The van der Waals surface area contributed by atoms with Crippen LogP contribution in [-0.2, 0) is 0 Å². The first kappa shape index (κ1) is 25.5. The largest absolute Gasteiger partial charge is 0.494 e. The summed E-state index contributed by atoms with van der Waals surface area (Å²) < 4.78 is 11.6. The summed E-state index contributed by atoms with van der Waals surface area (Å²) in [6.45, 7) is 9.25. The molecule has 0 heterocycles. The maximum Gasteiger partial charge on any atom is 0.254 e. The van der Waals surface area contributed by atoms with Crippen molar-refractivity contribution in [3.63, 3.8) is 0 Å². The molecule has 0 bridgehead atoms. The third-order valence-corrected chi connectivity index (χ3v) is 5.30. The monoisotopic (exact) mass is 459 g/mol. The molecule has 2 aromatic rings. The second-order valence-electron chi connectivity index (χ2n) is 8.24. The molecule has 6 nitrogen and oxygen atoms in total. The van der Waals surface area contributed by atoms with Crippen LogP contribution in [0.5, 0.6) is 11.5 Å². The third-order valence-electron chi connectivity index (χ3n) is 4.99. The molecule has 3 N–H and O–H groups in total. The number of amidine groups is 1. The van der Waals surface area contributed by atoms with Crippen LogP contribution >= 0.6 is 11.6 Å². The van der Waals surface area contributed by atoms with E-state index in [1.807, 2.05) is 56.9 Å². The lowest BCUT2D eigenvalue weighted by Crippen LogP contribution is -2.42. The molecular weight excluding hydrogens is 426 g/mol. The number of benzene rings is 2. The third kappa shape index (κ3) is 7.45. The zero-order chi connectivity index (χ0) is 23.7. The minimum atomic E-state index is -0.0615. The van der Waals surface area contributed by atoms with E-state index in [9.17, 15) is 4.79 Å². The Hall–Kier alpha value is -2.73. The summed E-state index contributed by atoms with van der Waals surface area (Å²) in [4.78, 5) is 14.7. The number of amides is 1. The number of nitrogen functional groups attached to an aromatic ring is 1. The van der Waals surface area contributed by atoms with Crippen LogP contribution in [0.15, 0.2) is 42.5 Å². The lowest BCUT2D eigenvalue weighted by molar-refractivity contribution is 0.0643. The molecule has 1 amide bonds. The van der Waals surface area contributed by atoms with E-state index in [1.54, 1.807) is 18.2 Å². The van der Waals surface area contributed by atoms with Crippen LogP contribution in [0.25, 0.3) is 0 Å².